The van der Waals surface area contributed by atoms with Crippen LogP contribution in [0.15, 0.2) is 49.6 Å². The van der Waals surface area contributed by atoms with Crippen molar-refractivity contribution in [2.75, 3.05) is 11.1 Å². The number of allylic oxidation sites excluding steroid dienone is 1. The molecule has 3 N–H and O–H groups in total. The molecule has 0 aliphatic carbocycles. The van der Waals surface area contributed by atoms with Crippen molar-refractivity contribution in [3.8, 4) is 0 Å². The summed E-state index contributed by atoms with van der Waals surface area (Å²) in [5.74, 6) is -0.958. The Morgan fingerprint density at radius 3 is 2.56 bits per heavy atom. The van der Waals surface area contributed by atoms with Gasteiger partial charge in [0.2, 0.25) is 15.9 Å². The highest BCUT2D eigenvalue weighted by Crippen LogP contribution is 2.40. The van der Waals surface area contributed by atoms with E-state index in [2.05, 4.69) is 15.3 Å². The van der Waals surface area contributed by atoms with Gasteiger partial charge < -0.3 is 5.32 Å². The van der Waals surface area contributed by atoms with E-state index in [1.54, 1.807) is 0 Å². The largest absolute Gasteiger partial charge is 0.325 e. The van der Waals surface area contributed by atoms with E-state index in [4.69, 9.17) is 5.14 Å². The number of fused-ring (bicyclic) bond motifs is 1. The number of sulfonamides is 1. The fraction of sp³-hybridized carbons (Fsp3) is 0.250. The summed E-state index contributed by atoms with van der Waals surface area (Å²) in [6.45, 7) is 3.84. The highest BCUT2D eigenvalue weighted by Gasteiger charge is 2.36. The third kappa shape index (κ3) is 4.49. The Hall–Kier alpha value is -1.95. The molecule has 27 heavy (non-hydrogen) atoms. The molecule has 0 aromatic heterocycles. The zero-order valence-corrected chi connectivity index (χ0v) is 16.9. The van der Waals surface area contributed by atoms with Crippen LogP contribution in [0.1, 0.15) is 13.8 Å². The minimum Gasteiger partial charge on any atom is -0.325 e. The van der Waals surface area contributed by atoms with Crippen molar-refractivity contribution in [3.63, 3.8) is 0 Å². The number of thioether (sulfide) groups is 2. The number of aliphatic imine (C=N–C) groups is 2. The minimum absolute atomic E-state index is 0.0144. The normalized spacial score (nSPS) is 19.5. The number of rotatable bonds is 4. The topological polar surface area (TPSA) is 131 Å². The monoisotopic (exact) mass is 424 g/mol. The number of hydrogen-bond acceptors (Lipinski definition) is 7. The predicted octanol–water partition coefficient (Wildman–Crippen LogP) is 1.96. The van der Waals surface area contributed by atoms with Gasteiger partial charge >= 0.3 is 0 Å². The average Bonchev–Trinajstić information content (AvgIpc) is 2.87. The van der Waals surface area contributed by atoms with E-state index in [1.165, 1.54) is 36.0 Å². The number of carbonyl (C=O) groups excluding carboxylic acids is 2. The van der Waals surface area contributed by atoms with Crippen molar-refractivity contribution >= 4 is 61.3 Å². The first-order valence-corrected chi connectivity index (χ1v) is 11.1. The summed E-state index contributed by atoms with van der Waals surface area (Å²) in [4.78, 5) is 33.6. The van der Waals surface area contributed by atoms with Crippen molar-refractivity contribution in [3.05, 3.63) is 34.7 Å². The second-order valence-electron chi connectivity index (χ2n) is 5.86. The standard InChI is InChI=1S/C16H16N4O4S3/c1-8-9(2)26-15-13(8)14(22)19-16(20-15)25-7-12(21)18-10-3-5-11(6-4-10)27(17,23)24/h3-6,13H,7H2,1-2H3,(H,18,21)(H2,17,23,24). The highest BCUT2D eigenvalue weighted by atomic mass is 32.2. The zero-order valence-electron chi connectivity index (χ0n) is 14.4. The number of nitrogens with one attached hydrogen (secondary N) is 1. The molecule has 2 aliphatic rings. The zero-order chi connectivity index (χ0) is 19.8. The molecule has 0 spiro atoms. The van der Waals surface area contributed by atoms with Crippen LogP contribution in [0.2, 0.25) is 0 Å². The van der Waals surface area contributed by atoms with Crippen LogP contribution in [-0.2, 0) is 19.6 Å². The number of primary sulfonamides is 1. The summed E-state index contributed by atoms with van der Waals surface area (Å²) in [5.41, 5.74) is 1.40. The van der Waals surface area contributed by atoms with Crippen molar-refractivity contribution < 1.29 is 18.0 Å². The van der Waals surface area contributed by atoms with Crippen molar-refractivity contribution in [1.82, 2.24) is 0 Å². The number of nitrogens with two attached hydrogens (primary N) is 1. The summed E-state index contributed by atoms with van der Waals surface area (Å²) < 4.78 is 22.4. The van der Waals surface area contributed by atoms with E-state index in [0.717, 1.165) is 22.2 Å². The molecule has 1 aromatic carbocycles. The Morgan fingerprint density at radius 2 is 1.93 bits per heavy atom. The number of benzene rings is 1. The van der Waals surface area contributed by atoms with Gasteiger partial charge in [0.15, 0.2) is 5.17 Å². The van der Waals surface area contributed by atoms with Gasteiger partial charge in [-0.3, -0.25) is 9.59 Å². The SMILES string of the molecule is CC1=C(C)C2C(=O)N=C(SCC(=O)Nc3ccc(S(N)(=O)=O)cc3)N=C2S1. The maximum absolute atomic E-state index is 12.2. The molecule has 3 rings (SSSR count). The lowest BCUT2D eigenvalue weighted by Crippen LogP contribution is -2.24. The van der Waals surface area contributed by atoms with Crippen LogP contribution in [0.3, 0.4) is 0 Å². The number of amidine groups is 1. The van der Waals surface area contributed by atoms with Crippen LogP contribution in [0.5, 0.6) is 0 Å². The molecule has 8 nitrogen and oxygen atoms in total. The Morgan fingerprint density at radius 1 is 1.26 bits per heavy atom. The molecule has 0 bridgehead atoms. The lowest BCUT2D eigenvalue weighted by molar-refractivity contribution is -0.118. The van der Waals surface area contributed by atoms with E-state index in [1.807, 2.05) is 13.8 Å². The molecule has 0 fully saturated rings. The molecule has 1 aromatic rings. The Labute approximate surface area is 164 Å². The molecule has 142 valence electrons. The van der Waals surface area contributed by atoms with E-state index in [-0.39, 0.29) is 33.5 Å². The summed E-state index contributed by atoms with van der Waals surface area (Å²) in [5, 5.41) is 8.63. The number of nitrogens with zero attached hydrogens (tertiary/aromatic N) is 2. The lowest BCUT2D eigenvalue weighted by Gasteiger charge is -2.14. The number of amides is 2. The van der Waals surface area contributed by atoms with Crippen LogP contribution in [0, 0.1) is 5.92 Å². The molecule has 1 atom stereocenters. The first-order chi connectivity index (χ1) is 12.6. The van der Waals surface area contributed by atoms with Gasteiger partial charge in [0, 0.05) is 5.69 Å². The number of carbonyl (C=O) groups is 2. The number of hydrogen-bond donors (Lipinski definition) is 2. The highest BCUT2D eigenvalue weighted by molar-refractivity contribution is 8.18. The van der Waals surface area contributed by atoms with Crippen LogP contribution in [0.4, 0.5) is 5.69 Å². The van der Waals surface area contributed by atoms with Crippen LogP contribution in [0.25, 0.3) is 0 Å². The van der Waals surface area contributed by atoms with Gasteiger partial charge in [-0.05, 0) is 48.6 Å². The molecular weight excluding hydrogens is 408 g/mol. The summed E-state index contributed by atoms with van der Waals surface area (Å²) in [6.07, 6.45) is 0. The van der Waals surface area contributed by atoms with E-state index in [9.17, 15) is 18.0 Å². The van der Waals surface area contributed by atoms with Gasteiger partial charge in [0.25, 0.3) is 5.91 Å². The second-order valence-corrected chi connectivity index (χ2v) is 9.60. The molecular formula is C16H16N4O4S3. The maximum atomic E-state index is 12.2. The van der Waals surface area contributed by atoms with Gasteiger partial charge in [-0.25, -0.2) is 18.5 Å². The maximum Gasteiger partial charge on any atom is 0.262 e. The summed E-state index contributed by atoms with van der Waals surface area (Å²) >= 11 is 2.53. The fourth-order valence-corrected chi connectivity index (χ4v) is 4.80. The van der Waals surface area contributed by atoms with Gasteiger partial charge in [0.1, 0.15) is 5.92 Å². The van der Waals surface area contributed by atoms with Crippen molar-refractivity contribution in [1.29, 1.82) is 0 Å². The smallest absolute Gasteiger partial charge is 0.262 e. The van der Waals surface area contributed by atoms with Crippen LogP contribution < -0.4 is 10.5 Å². The lowest BCUT2D eigenvalue weighted by atomic mass is 10.0. The van der Waals surface area contributed by atoms with Gasteiger partial charge in [-0.2, -0.15) is 4.99 Å². The van der Waals surface area contributed by atoms with Crippen molar-refractivity contribution in [2.45, 2.75) is 18.7 Å². The molecule has 11 heteroatoms. The van der Waals surface area contributed by atoms with E-state index in [0.29, 0.717) is 10.7 Å². The molecule has 1 unspecified atom stereocenters. The van der Waals surface area contributed by atoms with Crippen LogP contribution in [-0.4, -0.2) is 36.2 Å². The number of anilines is 1. The molecule has 0 radical (unpaired) electrons. The first-order valence-electron chi connectivity index (χ1n) is 7.77. The van der Waals surface area contributed by atoms with Crippen molar-refractivity contribution in [2.24, 2.45) is 21.0 Å². The van der Waals surface area contributed by atoms with E-state index >= 15 is 0 Å². The molecule has 2 amide bonds. The minimum atomic E-state index is -3.78. The van der Waals surface area contributed by atoms with Gasteiger partial charge in [-0.15, -0.1) is 0 Å². The first kappa shape index (κ1) is 19.8. The Kier molecular flexibility index (Phi) is 5.56. The fourth-order valence-electron chi connectivity index (χ4n) is 2.46. The third-order valence-corrected chi connectivity index (χ3v) is 6.89. The Balaban J connectivity index is 1.58. The Bertz CT molecular complexity index is 1010. The molecule has 2 aliphatic heterocycles. The molecule has 0 saturated carbocycles. The molecule has 2 heterocycles. The molecule has 0 saturated heterocycles. The average molecular weight is 425 g/mol. The predicted molar refractivity (Wildman–Crippen MR) is 108 cm³/mol. The van der Waals surface area contributed by atoms with E-state index < -0.39 is 10.0 Å². The van der Waals surface area contributed by atoms with Gasteiger partial charge in [0.05, 0.1) is 15.7 Å². The third-order valence-electron chi connectivity index (χ3n) is 3.95. The van der Waals surface area contributed by atoms with Crippen LogP contribution >= 0.6 is 23.5 Å². The summed E-state index contributed by atoms with van der Waals surface area (Å²) in [7, 11) is -3.78. The quantitative estimate of drug-likeness (QED) is 0.759. The second kappa shape index (κ2) is 7.58. The summed E-state index contributed by atoms with van der Waals surface area (Å²) in [6, 6.07) is 5.51. The van der Waals surface area contributed by atoms with Gasteiger partial charge in [-0.1, -0.05) is 23.5 Å².